The van der Waals surface area contributed by atoms with E-state index in [-0.39, 0.29) is 17.3 Å². The van der Waals surface area contributed by atoms with E-state index in [2.05, 4.69) is 14.5 Å². The van der Waals surface area contributed by atoms with Gasteiger partial charge in [-0.1, -0.05) is 0 Å². The second kappa shape index (κ2) is 9.45. The van der Waals surface area contributed by atoms with E-state index in [9.17, 15) is 13.6 Å². The molecule has 2 aromatic rings. The van der Waals surface area contributed by atoms with Gasteiger partial charge in [-0.25, -0.2) is 4.98 Å². The molecular weight excluding hydrogens is 408 g/mol. The largest absolute Gasteiger partial charge is 0.586 e. The number of unbranched alkanes of at least 4 members (excludes halogenated alkanes) is 1. The average molecular weight is 429 g/mol. The molecule has 0 fully saturated rings. The van der Waals surface area contributed by atoms with Crippen molar-refractivity contribution in [2.45, 2.75) is 32.5 Å². The van der Waals surface area contributed by atoms with Crippen molar-refractivity contribution in [1.82, 2.24) is 4.98 Å². The van der Waals surface area contributed by atoms with Gasteiger partial charge in [0.25, 0.3) is 0 Å². The normalized spacial score (nSPS) is 14.3. The number of carbonyl (C=O) groups is 1. The Hall–Kier alpha value is -2.33. The molecule has 0 unspecified atom stereocenters. The Morgan fingerprint density at radius 1 is 1.24 bits per heavy atom. The lowest BCUT2D eigenvalue weighted by Gasteiger charge is -2.04. The number of hydrogen-bond donors (Lipinski definition) is 1. The molecular formula is C19H21F2NO6S. The number of hydrogen-bond acceptors (Lipinski definition) is 7. The fraction of sp³-hybridized carbons (Fsp3) is 0.474. The monoisotopic (exact) mass is 429 g/mol. The van der Waals surface area contributed by atoms with Crippen molar-refractivity contribution in [3.8, 4) is 23.0 Å². The van der Waals surface area contributed by atoms with E-state index in [1.54, 1.807) is 13.0 Å². The zero-order chi connectivity index (χ0) is 20.9. The third-order valence-corrected chi connectivity index (χ3v) is 5.11. The van der Waals surface area contributed by atoms with Gasteiger partial charge in [0.05, 0.1) is 18.1 Å². The van der Waals surface area contributed by atoms with E-state index in [1.165, 1.54) is 23.9 Å². The van der Waals surface area contributed by atoms with Crippen LogP contribution in [0.25, 0.3) is 11.5 Å². The molecule has 3 rings (SSSR count). The van der Waals surface area contributed by atoms with Gasteiger partial charge in [0, 0.05) is 18.6 Å². The number of aryl methyl sites for hydroxylation is 1. The van der Waals surface area contributed by atoms with Gasteiger partial charge in [-0.15, -0.1) is 8.78 Å². The summed E-state index contributed by atoms with van der Waals surface area (Å²) in [5, 5.41) is 8.55. The van der Waals surface area contributed by atoms with Gasteiger partial charge in [0.15, 0.2) is 11.5 Å². The van der Waals surface area contributed by atoms with Gasteiger partial charge in [-0.05, 0) is 43.7 Å². The Labute approximate surface area is 170 Å². The second-order valence-corrected chi connectivity index (χ2v) is 7.47. The summed E-state index contributed by atoms with van der Waals surface area (Å²) in [6.45, 7) is 2.85. The van der Waals surface area contributed by atoms with Gasteiger partial charge < -0.3 is 23.7 Å². The molecule has 1 aliphatic heterocycles. The van der Waals surface area contributed by atoms with Crippen molar-refractivity contribution in [3.63, 3.8) is 0 Å². The molecule has 158 valence electrons. The maximum atomic E-state index is 13.1. The topological polar surface area (TPSA) is 91.0 Å². The molecule has 0 saturated heterocycles. The number of aliphatic carboxylic acids is 1. The number of alkyl halides is 2. The van der Waals surface area contributed by atoms with Crippen molar-refractivity contribution in [2.24, 2.45) is 0 Å². The molecule has 2 heterocycles. The molecule has 1 N–H and O–H groups in total. The quantitative estimate of drug-likeness (QED) is 0.533. The van der Waals surface area contributed by atoms with Crippen molar-refractivity contribution >= 4 is 17.7 Å². The van der Waals surface area contributed by atoms with E-state index >= 15 is 0 Å². The van der Waals surface area contributed by atoms with Crippen LogP contribution in [0.1, 0.15) is 24.3 Å². The van der Waals surface area contributed by atoms with E-state index < -0.39 is 12.3 Å². The minimum Gasteiger partial charge on any atom is -0.481 e. The summed E-state index contributed by atoms with van der Waals surface area (Å²) >= 11 is 1.40. The SMILES string of the molecule is Cc1oc(-c2ccc3c(c2)OC(F)(F)O3)nc1CCOCCCCSCC(=O)O. The van der Waals surface area contributed by atoms with E-state index in [0.717, 1.165) is 24.3 Å². The summed E-state index contributed by atoms with van der Waals surface area (Å²) in [7, 11) is 0. The van der Waals surface area contributed by atoms with Crippen LogP contribution in [0.4, 0.5) is 8.78 Å². The molecule has 0 atom stereocenters. The number of ether oxygens (including phenoxy) is 3. The Bertz CT molecular complexity index is 857. The van der Waals surface area contributed by atoms with Crippen LogP contribution in [-0.2, 0) is 16.0 Å². The molecule has 0 amide bonds. The highest BCUT2D eigenvalue weighted by Gasteiger charge is 2.43. The highest BCUT2D eigenvalue weighted by Crippen LogP contribution is 2.42. The molecule has 0 bridgehead atoms. The number of aromatic nitrogens is 1. The van der Waals surface area contributed by atoms with E-state index in [0.29, 0.717) is 36.8 Å². The number of thioether (sulfide) groups is 1. The molecule has 1 aliphatic rings. The van der Waals surface area contributed by atoms with Crippen LogP contribution in [0.5, 0.6) is 11.5 Å². The summed E-state index contributed by atoms with van der Waals surface area (Å²) in [5.74, 6) is 0.980. The molecule has 7 nitrogen and oxygen atoms in total. The number of halogens is 2. The smallest absolute Gasteiger partial charge is 0.481 e. The number of carboxylic acids is 1. The molecule has 1 aromatic carbocycles. The lowest BCUT2D eigenvalue weighted by molar-refractivity contribution is -0.286. The molecule has 0 saturated carbocycles. The predicted octanol–water partition coefficient (Wildman–Crippen LogP) is 4.13. The van der Waals surface area contributed by atoms with Crippen LogP contribution in [0.15, 0.2) is 22.6 Å². The maximum Gasteiger partial charge on any atom is 0.586 e. The van der Waals surface area contributed by atoms with Crippen molar-refractivity contribution < 1.29 is 37.3 Å². The van der Waals surface area contributed by atoms with Gasteiger partial charge in [-0.3, -0.25) is 4.79 Å². The number of carboxylic acid groups (broad SMARTS) is 1. The highest BCUT2D eigenvalue weighted by atomic mass is 32.2. The van der Waals surface area contributed by atoms with Crippen LogP contribution >= 0.6 is 11.8 Å². The van der Waals surface area contributed by atoms with Crippen molar-refractivity contribution in [1.29, 1.82) is 0 Å². The Morgan fingerprint density at radius 2 is 2.03 bits per heavy atom. The zero-order valence-corrected chi connectivity index (χ0v) is 16.6. The molecule has 0 radical (unpaired) electrons. The van der Waals surface area contributed by atoms with Gasteiger partial charge in [0.2, 0.25) is 5.89 Å². The number of oxazole rings is 1. The van der Waals surface area contributed by atoms with Gasteiger partial charge in [0.1, 0.15) is 5.76 Å². The minimum atomic E-state index is -3.66. The summed E-state index contributed by atoms with van der Waals surface area (Å²) in [6.07, 6.45) is -1.34. The lowest BCUT2D eigenvalue weighted by atomic mass is 10.2. The number of nitrogens with zero attached hydrogens (tertiary/aromatic N) is 1. The zero-order valence-electron chi connectivity index (χ0n) is 15.8. The summed E-state index contributed by atoms with van der Waals surface area (Å²) in [5.41, 5.74) is 1.25. The fourth-order valence-corrected chi connectivity index (χ4v) is 3.43. The summed E-state index contributed by atoms with van der Waals surface area (Å²) in [6, 6.07) is 4.38. The first kappa shape index (κ1) is 21.4. The van der Waals surface area contributed by atoms with Crippen LogP contribution in [0.3, 0.4) is 0 Å². The molecule has 0 aliphatic carbocycles. The first-order valence-corrected chi connectivity index (χ1v) is 10.2. The van der Waals surface area contributed by atoms with Crippen LogP contribution in [0, 0.1) is 6.92 Å². The van der Waals surface area contributed by atoms with Gasteiger partial charge in [-0.2, -0.15) is 11.8 Å². The maximum absolute atomic E-state index is 13.1. The van der Waals surface area contributed by atoms with Crippen LogP contribution in [0.2, 0.25) is 0 Å². The Morgan fingerprint density at radius 3 is 2.83 bits per heavy atom. The van der Waals surface area contributed by atoms with Gasteiger partial charge >= 0.3 is 12.3 Å². The number of rotatable bonds is 11. The number of fused-ring (bicyclic) bond motifs is 1. The van der Waals surface area contributed by atoms with Crippen LogP contribution < -0.4 is 9.47 Å². The minimum absolute atomic E-state index is 0.0305. The van der Waals surface area contributed by atoms with Crippen molar-refractivity contribution in [2.75, 3.05) is 24.7 Å². The fourth-order valence-electron chi connectivity index (χ4n) is 2.70. The second-order valence-electron chi connectivity index (χ2n) is 6.37. The third kappa shape index (κ3) is 6.07. The first-order chi connectivity index (χ1) is 13.8. The van der Waals surface area contributed by atoms with E-state index in [4.69, 9.17) is 14.3 Å². The predicted molar refractivity (Wildman–Crippen MR) is 102 cm³/mol. The molecule has 0 spiro atoms. The Kier molecular flexibility index (Phi) is 6.96. The first-order valence-electron chi connectivity index (χ1n) is 9.08. The summed E-state index contributed by atoms with van der Waals surface area (Å²) in [4.78, 5) is 14.8. The molecule has 29 heavy (non-hydrogen) atoms. The molecule has 10 heteroatoms. The van der Waals surface area contributed by atoms with Crippen molar-refractivity contribution in [3.05, 3.63) is 29.7 Å². The molecule has 1 aromatic heterocycles. The summed E-state index contributed by atoms with van der Waals surface area (Å²) < 4.78 is 46.4. The Balaban J connectivity index is 1.44. The van der Waals surface area contributed by atoms with E-state index in [1.807, 2.05) is 0 Å². The lowest BCUT2D eigenvalue weighted by Crippen LogP contribution is -2.25. The highest BCUT2D eigenvalue weighted by molar-refractivity contribution is 7.99. The average Bonchev–Trinajstić information content (AvgIpc) is 3.17. The van der Waals surface area contributed by atoms with Crippen LogP contribution in [-0.4, -0.2) is 47.1 Å². The third-order valence-electron chi connectivity index (χ3n) is 4.08. The number of benzene rings is 1. The standard InChI is InChI=1S/C19H21F2NO6S/c1-12-14(6-8-25-7-2-3-9-29-11-17(23)24)22-18(26-12)13-4-5-15-16(10-13)28-19(20,21)27-15/h4-5,10H,2-3,6-9,11H2,1H3,(H,23,24).